The van der Waals surface area contributed by atoms with E-state index >= 15 is 0 Å². The number of aromatic nitrogens is 1. The predicted molar refractivity (Wildman–Crippen MR) is 80.4 cm³/mol. The number of hydrogen-bond donors (Lipinski definition) is 0. The van der Waals surface area contributed by atoms with Crippen molar-refractivity contribution in [1.82, 2.24) is 14.4 Å². The Morgan fingerprint density at radius 1 is 1.05 bits per heavy atom. The normalized spacial score (nSPS) is 18.3. The van der Waals surface area contributed by atoms with Gasteiger partial charge in [-0.3, -0.25) is 4.90 Å². The van der Waals surface area contributed by atoms with E-state index in [9.17, 15) is 0 Å². The van der Waals surface area contributed by atoms with E-state index in [1.54, 1.807) is 0 Å². The molecule has 2 aromatic rings. The van der Waals surface area contributed by atoms with Gasteiger partial charge < -0.3 is 9.47 Å². The van der Waals surface area contributed by atoms with Gasteiger partial charge in [-0.1, -0.05) is 12.1 Å². The van der Waals surface area contributed by atoms with Crippen molar-refractivity contribution >= 4 is 10.9 Å². The van der Waals surface area contributed by atoms with Gasteiger partial charge in [0.25, 0.3) is 0 Å². The lowest BCUT2D eigenvalue weighted by molar-refractivity contribution is 0.148. The van der Waals surface area contributed by atoms with Crippen molar-refractivity contribution in [1.29, 1.82) is 0 Å². The number of benzene rings is 1. The topological polar surface area (TPSA) is 11.4 Å². The van der Waals surface area contributed by atoms with Gasteiger partial charge in [0.1, 0.15) is 0 Å². The first-order chi connectivity index (χ1) is 9.13. The first kappa shape index (κ1) is 12.7. The summed E-state index contributed by atoms with van der Waals surface area (Å²) in [6.45, 7) is 7.96. The first-order valence-electron chi connectivity index (χ1n) is 7.09. The molecule has 19 heavy (non-hydrogen) atoms. The van der Waals surface area contributed by atoms with Crippen LogP contribution in [0.15, 0.2) is 24.4 Å². The Morgan fingerprint density at radius 3 is 2.53 bits per heavy atom. The average Bonchev–Trinajstić information content (AvgIpc) is 2.69. The number of nitrogens with zero attached hydrogens (tertiary/aromatic N) is 3. The molecule has 1 fully saturated rings. The average molecular weight is 257 g/mol. The summed E-state index contributed by atoms with van der Waals surface area (Å²) in [5, 5.41) is 1.41. The van der Waals surface area contributed by atoms with Crippen LogP contribution >= 0.6 is 0 Å². The van der Waals surface area contributed by atoms with Crippen molar-refractivity contribution in [3.8, 4) is 0 Å². The Hall–Kier alpha value is -1.32. The number of likely N-dealkylation sites (N-methyl/N-ethyl adjacent to an activating group) is 1. The predicted octanol–water partition coefficient (Wildman–Crippen LogP) is 2.23. The molecule has 0 saturated carbocycles. The zero-order valence-corrected chi connectivity index (χ0v) is 12.2. The molecular weight excluding hydrogens is 234 g/mol. The molecule has 3 rings (SSSR count). The van der Waals surface area contributed by atoms with E-state index in [1.165, 1.54) is 48.2 Å². The largest absolute Gasteiger partial charge is 0.350 e. The SMILES string of the molecule is Cc1ccc2c(CN3CCN(C)CC3)cn(C)c2c1. The minimum atomic E-state index is 1.08. The Balaban J connectivity index is 1.85. The Labute approximate surface area is 115 Å². The zero-order valence-electron chi connectivity index (χ0n) is 12.2. The van der Waals surface area contributed by atoms with Crippen molar-refractivity contribution < 1.29 is 0 Å². The van der Waals surface area contributed by atoms with Crippen LogP contribution in [0.25, 0.3) is 10.9 Å². The smallest absolute Gasteiger partial charge is 0.0483 e. The Kier molecular flexibility index (Phi) is 3.33. The maximum Gasteiger partial charge on any atom is 0.0483 e. The standard InChI is InChI=1S/C16H23N3/c1-13-4-5-15-14(11-18(3)16(15)10-13)12-19-8-6-17(2)7-9-19/h4-5,10-11H,6-9,12H2,1-3H3. The maximum atomic E-state index is 2.56. The molecule has 1 aromatic carbocycles. The number of rotatable bonds is 2. The summed E-state index contributed by atoms with van der Waals surface area (Å²) in [6.07, 6.45) is 2.29. The second kappa shape index (κ2) is 4.99. The van der Waals surface area contributed by atoms with Gasteiger partial charge >= 0.3 is 0 Å². The number of aryl methyl sites for hydroxylation is 2. The summed E-state index contributed by atoms with van der Waals surface area (Å²) in [6, 6.07) is 6.77. The summed E-state index contributed by atoms with van der Waals surface area (Å²) in [7, 11) is 4.35. The first-order valence-corrected chi connectivity index (χ1v) is 7.09. The Morgan fingerprint density at radius 2 is 1.79 bits per heavy atom. The molecule has 0 aliphatic carbocycles. The van der Waals surface area contributed by atoms with E-state index in [0.29, 0.717) is 0 Å². The summed E-state index contributed by atoms with van der Waals surface area (Å²) in [4.78, 5) is 4.97. The highest BCUT2D eigenvalue weighted by atomic mass is 15.2. The van der Waals surface area contributed by atoms with Crippen molar-refractivity contribution in [3.63, 3.8) is 0 Å². The molecule has 0 unspecified atom stereocenters. The lowest BCUT2D eigenvalue weighted by atomic mass is 10.1. The van der Waals surface area contributed by atoms with Crippen molar-refractivity contribution in [3.05, 3.63) is 35.5 Å². The van der Waals surface area contributed by atoms with E-state index < -0.39 is 0 Å². The van der Waals surface area contributed by atoms with Crippen LogP contribution in [0.1, 0.15) is 11.1 Å². The van der Waals surface area contributed by atoms with Gasteiger partial charge in [-0.2, -0.15) is 0 Å². The fourth-order valence-electron chi connectivity index (χ4n) is 2.95. The van der Waals surface area contributed by atoms with Crippen molar-refractivity contribution in [2.75, 3.05) is 33.2 Å². The lowest BCUT2D eigenvalue weighted by Crippen LogP contribution is -2.43. The van der Waals surface area contributed by atoms with Crippen LogP contribution in [0.4, 0.5) is 0 Å². The second-order valence-electron chi connectivity index (χ2n) is 5.87. The molecule has 102 valence electrons. The molecule has 3 heteroatoms. The minimum absolute atomic E-state index is 1.08. The molecule has 2 heterocycles. The highest BCUT2D eigenvalue weighted by molar-refractivity contribution is 5.84. The molecule has 1 aliphatic rings. The van der Waals surface area contributed by atoms with Crippen LogP contribution in [-0.2, 0) is 13.6 Å². The van der Waals surface area contributed by atoms with Gasteiger partial charge in [0, 0.05) is 56.9 Å². The molecule has 1 aromatic heterocycles. The molecule has 1 saturated heterocycles. The number of hydrogen-bond acceptors (Lipinski definition) is 2. The van der Waals surface area contributed by atoms with Gasteiger partial charge in [-0.25, -0.2) is 0 Å². The van der Waals surface area contributed by atoms with Crippen LogP contribution in [0.2, 0.25) is 0 Å². The zero-order chi connectivity index (χ0) is 13.4. The molecule has 0 atom stereocenters. The summed E-state index contributed by atoms with van der Waals surface area (Å²) in [5.74, 6) is 0. The maximum absolute atomic E-state index is 2.56. The monoisotopic (exact) mass is 257 g/mol. The van der Waals surface area contributed by atoms with Gasteiger partial charge in [0.2, 0.25) is 0 Å². The quantitative estimate of drug-likeness (QED) is 0.817. The highest BCUT2D eigenvalue weighted by Gasteiger charge is 2.16. The van der Waals surface area contributed by atoms with Crippen LogP contribution in [-0.4, -0.2) is 47.6 Å². The molecular formula is C16H23N3. The fourth-order valence-corrected chi connectivity index (χ4v) is 2.95. The van der Waals surface area contributed by atoms with Gasteiger partial charge in [-0.15, -0.1) is 0 Å². The van der Waals surface area contributed by atoms with E-state index in [2.05, 4.69) is 59.8 Å². The summed E-state index contributed by atoms with van der Waals surface area (Å²) < 4.78 is 2.26. The minimum Gasteiger partial charge on any atom is -0.350 e. The molecule has 0 radical (unpaired) electrons. The van der Waals surface area contributed by atoms with E-state index in [0.717, 1.165) is 6.54 Å². The fraction of sp³-hybridized carbons (Fsp3) is 0.500. The second-order valence-corrected chi connectivity index (χ2v) is 5.87. The molecule has 0 N–H and O–H groups in total. The van der Waals surface area contributed by atoms with Crippen LogP contribution in [0, 0.1) is 6.92 Å². The Bertz CT molecular complexity index is 577. The number of piperazine rings is 1. The summed E-state index contributed by atoms with van der Waals surface area (Å²) in [5.41, 5.74) is 4.14. The molecule has 0 spiro atoms. The van der Waals surface area contributed by atoms with Crippen LogP contribution in [0.5, 0.6) is 0 Å². The van der Waals surface area contributed by atoms with Crippen molar-refractivity contribution in [2.24, 2.45) is 7.05 Å². The molecule has 0 bridgehead atoms. The third-order valence-electron chi connectivity index (χ3n) is 4.22. The van der Waals surface area contributed by atoms with Gasteiger partial charge in [0.05, 0.1) is 0 Å². The van der Waals surface area contributed by atoms with Gasteiger partial charge in [-0.05, 0) is 31.2 Å². The molecule has 1 aliphatic heterocycles. The van der Waals surface area contributed by atoms with Crippen LogP contribution < -0.4 is 0 Å². The third kappa shape index (κ3) is 2.53. The molecule has 3 nitrogen and oxygen atoms in total. The third-order valence-corrected chi connectivity index (χ3v) is 4.22. The van der Waals surface area contributed by atoms with Gasteiger partial charge in [0.15, 0.2) is 0 Å². The highest BCUT2D eigenvalue weighted by Crippen LogP contribution is 2.23. The van der Waals surface area contributed by atoms with E-state index in [-0.39, 0.29) is 0 Å². The number of fused-ring (bicyclic) bond motifs is 1. The molecule has 0 amide bonds. The van der Waals surface area contributed by atoms with E-state index in [1.807, 2.05) is 0 Å². The summed E-state index contributed by atoms with van der Waals surface area (Å²) >= 11 is 0. The van der Waals surface area contributed by atoms with E-state index in [4.69, 9.17) is 0 Å². The van der Waals surface area contributed by atoms with Crippen LogP contribution in [0.3, 0.4) is 0 Å². The lowest BCUT2D eigenvalue weighted by Gasteiger charge is -2.32. The van der Waals surface area contributed by atoms with Crippen molar-refractivity contribution in [2.45, 2.75) is 13.5 Å².